The van der Waals surface area contributed by atoms with Crippen molar-refractivity contribution in [3.63, 3.8) is 0 Å². The zero-order valence-electron chi connectivity index (χ0n) is 7.55. The summed E-state index contributed by atoms with van der Waals surface area (Å²) in [6, 6.07) is 2.01. The predicted molar refractivity (Wildman–Crippen MR) is 47.4 cm³/mol. The van der Waals surface area contributed by atoms with Gasteiger partial charge in [0.25, 0.3) is 0 Å². The van der Waals surface area contributed by atoms with Gasteiger partial charge < -0.3 is 4.57 Å². The van der Waals surface area contributed by atoms with E-state index in [1.54, 1.807) is 0 Å². The number of nitrogens with zero attached hydrogens (tertiary/aromatic N) is 1. The SMILES string of the molecule is Cc1cc2c(n1C)CCCC2=O. The van der Waals surface area contributed by atoms with Crippen LogP contribution in [0.25, 0.3) is 0 Å². The number of carbonyl (C=O) groups is 1. The Balaban J connectivity index is 2.60. The molecule has 0 bridgehead atoms. The van der Waals surface area contributed by atoms with Crippen molar-refractivity contribution < 1.29 is 4.79 Å². The Morgan fingerprint density at radius 1 is 1.42 bits per heavy atom. The van der Waals surface area contributed by atoms with E-state index >= 15 is 0 Å². The average molecular weight is 163 g/mol. The van der Waals surface area contributed by atoms with Crippen LogP contribution in [0.4, 0.5) is 0 Å². The second-order valence-corrected chi connectivity index (χ2v) is 3.48. The maximum Gasteiger partial charge on any atom is 0.164 e. The number of hydrogen-bond donors (Lipinski definition) is 0. The van der Waals surface area contributed by atoms with E-state index in [1.807, 2.05) is 20.0 Å². The van der Waals surface area contributed by atoms with Crippen LogP contribution in [0.15, 0.2) is 6.07 Å². The van der Waals surface area contributed by atoms with Gasteiger partial charge in [-0.25, -0.2) is 0 Å². The van der Waals surface area contributed by atoms with Gasteiger partial charge in [-0.15, -0.1) is 0 Å². The van der Waals surface area contributed by atoms with Crippen LogP contribution in [0, 0.1) is 6.92 Å². The molecule has 0 atom stereocenters. The molecule has 0 fully saturated rings. The van der Waals surface area contributed by atoms with Crippen molar-refractivity contribution in [2.24, 2.45) is 7.05 Å². The van der Waals surface area contributed by atoms with Gasteiger partial charge in [0.15, 0.2) is 5.78 Å². The van der Waals surface area contributed by atoms with Gasteiger partial charge in [0, 0.05) is 30.4 Å². The maximum absolute atomic E-state index is 11.4. The molecule has 0 radical (unpaired) electrons. The molecule has 12 heavy (non-hydrogen) atoms. The van der Waals surface area contributed by atoms with Crippen molar-refractivity contribution in [3.05, 3.63) is 23.0 Å². The molecule has 1 aliphatic carbocycles. The third-order valence-electron chi connectivity index (χ3n) is 2.72. The van der Waals surface area contributed by atoms with Gasteiger partial charge in [-0.05, 0) is 25.8 Å². The molecule has 0 aliphatic heterocycles. The fourth-order valence-corrected chi connectivity index (χ4v) is 1.88. The third-order valence-corrected chi connectivity index (χ3v) is 2.72. The minimum atomic E-state index is 0.319. The highest BCUT2D eigenvalue weighted by molar-refractivity contribution is 5.98. The lowest BCUT2D eigenvalue weighted by Crippen LogP contribution is -2.11. The van der Waals surface area contributed by atoms with E-state index in [9.17, 15) is 4.79 Å². The monoisotopic (exact) mass is 163 g/mol. The summed E-state index contributed by atoms with van der Waals surface area (Å²) in [4.78, 5) is 11.4. The van der Waals surface area contributed by atoms with Crippen LogP contribution in [0.5, 0.6) is 0 Å². The number of rotatable bonds is 0. The fraction of sp³-hybridized carbons (Fsp3) is 0.500. The number of aromatic nitrogens is 1. The van der Waals surface area contributed by atoms with Crippen molar-refractivity contribution in [3.8, 4) is 0 Å². The van der Waals surface area contributed by atoms with Crippen LogP contribution in [-0.2, 0) is 13.5 Å². The van der Waals surface area contributed by atoms with Crippen LogP contribution in [-0.4, -0.2) is 10.4 Å². The fourth-order valence-electron chi connectivity index (χ4n) is 1.88. The Morgan fingerprint density at radius 3 is 2.83 bits per heavy atom. The second kappa shape index (κ2) is 2.47. The zero-order valence-corrected chi connectivity index (χ0v) is 7.55. The lowest BCUT2D eigenvalue weighted by atomic mass is 9.97. The van der Waals surface area contributed by atoms with Crippen LogP contribution < -0.4 is 0 Å². The van der Waals surface area contributed by atoms with Gasteiger partial charge in [0.2, 0.25) is 0 Å². The summed E-state index contributed by atoms with van der Waals surface area (Å²) in [5.74, 6) is 0.319. The molecule has 1 aliphatic rings. The van der Waals surface area contributed by atoms with E-state index in [4.69, 9.17) is 0 Å². The van der Waals surface area contributed by atoms with Crippen molar-refractivity contribution in [2.75, 3.05) is 0 Å². The van der Waals surface area contributed by atoms with E-state index in [0.717, 1.165) is 24.8 Å². The van der Waals surface area contributed by atoms with Crippen LogP contribution >= 0.6 is 0 Å². The van der Waals surface area contributed by atoms with Gasteiger partial charge in [-0.3, -0.25) is 4.79 Å². The van der Waals surface area contributed by atoms with Crippen molar-refractivity contribution in [1.82, 2.24) is 4.57 Å². The number of ketones is 1. The molecule has 0 spiro atoms. The first-order valence-corrected chi connectivity index (χ1v) is 4.38. The molecular formula is C10H13NO. The molecule has 1 aromatic heterocycles. The largest absolute Gasteiger partial charge is 0.351 e. The number of carbonyl (C=O) groups excluding carboxylic acids is 1. The topological polar surface area (TPSA) is 22.0 Å². The maximum atomic E-state index is 11.4. The third kappa shape index (κ3) is 0.909. The highest BCUT2D eigenvalue weighted by Crippen LogP contribution is 2.23. The van der Waals surface area contributed by atoms with Crippen LogP contribution in [0.3, 0.4) is 0 Å². The Bertz CT molecular complexity index is 336. The summed E-state index contributed by atoms with van der Waals surface area (Å²) in [6.45, 7) is 2.05. The number of Topliss-reactive ketones (excluding diaryl/α,β-unsaturated/α-hetero) is 1. The van der Waals surface area contributed by atoms with E-state index in [2.05, 4.69) is 4.57 Å². The molecule has 0 amide bonds. The van der Waals surface area contributed by atoms with E-state index < -0.39 is 0 Å². The summed E-state index contributed by atoms with van der Waals surface area (Å²) in [6.07, 6.45) is 2.81. The summed E-state index contributed by atoms with van der Waals surface area (Å²) >= 11 is 0. The molecule has 1 aromatic rings. The van der Waals surface area contributed by atoms with Gasteiger partial charge in [-0.1, -0.05) is 0 Å². The molecule has 0 unspecified atom stereocenters. The van der Waals surface area contributed by atoms with Crippen molar-refractivity contribution in [1.29, 1.82) is 0 Å². The highest BCUT2D eigenvalue weighted by Gasteiger charge is 2.20. The molecular weight excluding hydrogens is 150 g/mol. The molecule has 2 nitrogen and oxygen atoms in total. The first-order chi connectivity index (χ1) is 5.70. The molecule has 2 heteroatoms. The summed E-state index contributed by atoms with van der Waals surface area (Å²) in [5, 5.41) is 0. The lowest BCUT2D eigenvalue weighted by Gasteiger charge is -2.12. The highest BCUT2D eigenvalue weighted by atomic mass is 16.1. The first-order valence-electron chi connectivity index (χ1n) is 4.38. The Kier molecular flexibility index (Phi) is 1.56. The van der Waals surface area contributed by atoms with Crippen LogP contribution in [0.2, 0.25) is 0 Å². The number of aryl methyl sites for hydroxylation is 1. The quantitative estimate of drug-likeness (QED) is 0.572. The van der Waals surface area contributed by atoms with Crippen LogP contribution in [0.1, 0.15) is 34.6 Å². The first kappa shape index (κ1) is 7.59. The molecule has 0 saturated heterocycles. The number of hydrogen-bond acceptors (Lipinski definition) is 1. The molecule has 0 aromatic carbocycles. The predicted octanol–water partition coefficient (Wildman–Crippen LogP) is 1.85. The Morgan fingerprint density at radius 2 is 2.17 bits per heavy atom. The normalized spacial score (nSPS) is 16.3. The van der Waals surface area contributed by atoms with Gasteiger partial charge in [-0.2, -0.15) is 0 Å². The molecule has 0 N–H and O–H groups in total. The van der Waals surface area contributed by atoms with Gasteiger partial charge in [0.1, 0.15) is 0 Å². The molecule has 64 valence electrons. The molecule has 0 saturated carbocycles. The average Bonchev–Trinajstić information content (AvgIpc) is 2.32. The zero-order chi connectivity index (χ0) is 8.72. The molecule has 1 heterocycles. The minimum absolute atomic E-state index is 0.319. The lowest BCUT2D eigenvalue weighted by molar-refractivity contribution is 0.0972. The smallest absolute Gasteiger partial charge is 0.164 e. The van der Waals surface area contributed by atoms with Crippen molar-refractivity contribution >= 4 is 5.78 Å². The minimum Gasteiger partial charge on any atom is -0.351 e. The number of fused-ring (bicyclic) bond motifs is 1. The molecule has 2 rings (SSSR count). The van der Waals surface area contributed by atoms with Crippen molar-refractivity contribution in [2.45, 2.75) is 26.2 Å². The summed E-state index contributed by atoms with van der Waals surface area (Å²) in [7, 11) is 2.03. The van der Waals surface area contributed by atoms with E-state index in [-0.39, 0.29) is 0 Å². The second-order valence-electron chi connectivity index (χ2n) is 3.48. The van der Waals surface area contributed by atoms with E-state index in [1.165, 1.54) is 11.4 Å². The Labute approximate surface area is 72.2 Å². The van der Waals surface area contributed by atoms with Gasteiger partial charge >= 0.3 is 0 Å². The van der Waals surface area contributed by atoms with Gasteiger partial charge in [0.05, 0.1) is 0 Å². The summed E-state index contributed by atoms with van der Waals surface area (Å²) < 4.78 is 2.13. The Hall–Kier alpha value is -1.05. The van der Waals surface area contributed by atoms with E-state index in [0.29, 0.717) is 5.78 Å². The summed E-state index contributed by atoms with van der Waals surface area (Å²) in [5.41, 5.74) is 3.38. The standard InChI is InChI=1S/C10H13NO/c1-7-6-8-9(11(7)2)4-3-5-10(8)12/h6H,3-5H2,1-2H3.